The number of benzene rings is 1. The molecule has 2 aromatic heterocycles. The van der Waals surface area contributed by atoms with Crippen LogP contribution >= 0.6 is 11.3 Å². The molecular weight excluding hydrogens is 489 g/mol. The van der Waals surface area contributed by atoms with E-state index in [1.165, 1.54) is 11.3 Å². The van der Waals surface area contributed by atoms with Crippen molar-refractivity contribution in [1.82, 2.24) is 19.7 Å². The quantitative estimate of drug-likeness (QED) is 0.352. The number of ether oxygens (including phenoxy) is 1. The van der Waals surface area contributed by atoms with Crippen molar-refractivity contribution >= 4 is 28.0 Å². The van der Waals surface area contributed by atoms with E-state index in [1.807, 2.05) is 31.4 Å². The van der Waals surface area contributed by atoms with Gasteiger partial charge in [-0.3, -0.25) is 14.4 Å². The first-order valence-corrected chi connectivity index (χ1v) is 13.4. The molecule has 6 nitrogen and oxygen atoms in total. The van der Waals surface area contributed by atoms with Gasteiger partial charge in [0.15, 0.2) is 12.4 Å². The third-order valence-corrected chi connectivity index (χ3v) is 8.48. The highest BCUT2D eigenvalue weighted by Crippen LogP contribution is 2.35. The van der Waals surface area contributed by atoms with E-state index in [0.29, 0.717) is 24.8 Å². The summed E-state index contributed by atoms with van der Waals surface area (Å²) >= 11 is 1.24. The van der Waals surface area contributed by atoms with E-state index in [9.17, 15) is 18.0 Å². The van der Waals surface area contributed by atoms with Crippen molar-refractivity contribution in [2.45, 2.75) is 57.7 Å². The summed E-state index contributed by atoms with van der Waals surface area (Å²) in [5, 5.41) is 5.46. The van der Waals surface area contributed by atoms with E-state index < -0.39 is 12.8 Å². The minimum Gasteiger partial charge on any atom is -0.460 e. The van der Waals surface area contributed by atoms with Crippen molar-refractivity contribution in [1.29, 1.82) is 0 Å². The third kappa shape index (κ3) is 6.08. The molecule has 1 saturated carbocycles. The number of aryl methyl sites for hydroxylation is 1. The lowest BCUT2D eigenvalue weighted by atomic mass is 9.78. The maximum Gasteiger partial charge on any atom is 0.422 e. The number of Topliss-reactive ketones (excluding diaryl/α,β-unsaturated/α-hetero) is 1. The lowest BCUT2D eigenvalue weighted by Crippen LogP contribution is -2.32. The van der Waals surface area contributed by atoms with Gasteiger partial charge in [0.05, 0.1) is 11.2 Å². The number of hydrogen-bond donors (Lipinski definition) is 0. The van der Waals surface area contributed by atoms with Gasteiger partial charge in [-0.25, -0.2) is 4.98 Å². The zero-order valence-electron chi connectivity index (χ0n) is 20.4. The van der Waals surface area contributed by atoms with Crippen LogP contribution in [-0.4, -0.2) is 51.3 Å². The van der Waals surface area contributed by atoms with Crippen molar-refractivity contribution in [2.75, 3.05) is 19.7 Å². The molecule has 0 atom stereocenters. The molecule has 1 aromatic carbocycles. The lowest BCUT2D eigenvalue weighted by molar-refractivity contribution is -0.153. The molecule has 194 valence electrons. The number of carbonyl (C=O) groups excluding carboxylic acids is 1. The van der Waals surface area contributed by atoms with E-state index in [1.54, 1.807) is 4.68 Å². The summed E-state index contributed by atoms with van der Waals surface area (Å²) < 4.78 is 43.8. The first kappa shape index (κ1) is 25.2. The Bertz CT molecular complexity index is 1210. The fraction of sp³-hybridized carbons (Fsp3) is 0.577. The molecule has 0 saturated heterocycles. The summed E-state index contributed by atoms with van der Waals surface area (Å²) in [6, 6.07) is 5.76. The van der Waals surface area contributed by atoms with E-state index >= 15 is 0 Å². The van der Waals surface area contributed by atoms with E-state index in [4.69, 9.17) is 4.74 Å². The fourth-order valence-electron chi connectivity index (χ4n) is 5.49. The Morgan fingerprint density at radius 2 is 1.97 bits per heavy atom. The maximum absolute atomic E-state index is 13.0. The molecule has 3 aromatic rings. The van der Waals surface area contributed by atoms with Crippen molar-refractivity contribution in [3.63, 3.8) is 0 Å². The van der Waals surface area contributed by atoms with Crippen LogP contribution in [0.25, 0.3) is 10.9 Å². The van der Waals surface area contributed by atoms with Crippen LogP contribution in [0.4, 0.5) is 13.2 Å². The van der Waals surface area contributed by atoms with E-state index in [0.717, 1.165) is 78.7 Å². The number of halogens is 3. The van der Waals surface area contributed by atoms with Crippen LogP contribution in [0, 0.1) is 11.8 Å². The molecule has 0 radical (unpaired) electrons. The Balaban J connectivity index is 1.06. The molecule has 0 spiro atoms. The SMILES string of the molecule is Cn1cc2c(C(=O)CC3CCC(CCN4CCc5sc(OCC(F)(F)F)nc5C4)CC3)cccc2n1. The summed E-state index contributed by atoms with van der Waals surface area (Å²) in [6.07, 6.45) is 4.51. The molecule has 1 fully saturated rings. The van der Waals surface area contributed by atoms with Crippen molar-refractivity contribution in [2.24, 2.45) is 18.9 Å². The minimum absolute atomic E-state index is 0.117. The average molecular weight is 521 g/mol. The van der Waals surface area contributed by atoms with Crippen molar-refractivity contribution in [3.05, 3.63) is 40.5 Å². The minimum atomic E-state index is -4.35. The number of carbonyl (C=O) groups is 1. The molecule has 0 N–H and O–H groups in total. The molecule has 10 heteroatoms. The van der Waals surface area contributed by atoms with Crippen LogP contribution in [0.3, 0.4) is 0 Å². The van der Waals surface area contributed by atoms with Gasteiger partial charge in [0.25, 0.3) is 5.19 Å². The molecule has 1 aliphatic carbocycles. The molecule has 0 amide bonds. The number of hydrogen-bond acceptors (Lipinski definition) is 6. The summed E-state index contributed by atoms with van der Waals surface area (Å²) in [5.74, 6) is 1.30. The zero-order chi connectivity index (χ0) is 25.3. The van der Waals surface area contributed by atoms with Crippen LogP contribution < -0.4 is 4.74 Å². The van der Waals surface area contributed by atoms with Crippen LogP contribution in [-0.2, 0) is 20.0 Å². The largest absolute Gasteiger partial charge is 0.460 e. The van der Waals surface area contributed by atoms with Crippen LogP contribution in [0.5, 0.6) is 5.19 Å². The Kier molecular flexibility index (Phi) is 7.35. The Labute approximate surface area is 212 Å². The normalized spacial score (nSPS) is 21.0. The fourth-order valence-corrected chi connectivity index (χ4v) is 6.40. The van der Waals surface area contributed by atoms with Gasteiger partial charge in [-0.05, 0) is 50.1 Å². The van der Waals surface area contributed by atoms with Gasteiger partial charge >= 0.3 is 6.18 Å². The Morgan fingerprint density at radius 3 is 2.75 bits per heavy atom. The summed E-state index contributed by atoms with van der Waals surface area (Å²) in [6.45, 7) is 1.24. The van der Waals surface area contributed by atoms with E-state index in [2.05, 4.69) is 15.0 Å². The first-order valence-electron chi connectivity index (χ1n) is 12.6. The molecule has 2 aliphatic rings. The highest BCUT2D eigenvalue weighted by atomic mass is 32.1. The summed E-state index contributed by atoms with van der Waals surface area (Å²) in [7, 11) is 1.87. The number of alkyl halides is 3. The molecular formula is C26H31F3N4O2S. The number of rotatable bonds is 8. The molecule has 36 heavy (non-hydrogen) atoms. The predicted molar refractivity (Wildman–Crippen MR) is 132 cm³/mol. The van der Waals surface area contributed by atoms with Gasteiger partial charge < -0.3 is 4.74 Å². The van der Waals surface area contributed by atoms with Crippen LogP contribution in [0.1, 0.15) is 59.5 Å². The standard InChI is InChI=1S/C26H31F3N4O2S/c1-32-14-20-19(3-2-4-21(20)31-32)23(34)13-18-7-5-17(6-8-18)9-11-33-12-10-24-22(15-33)30-25(36-24)35-16-26(27,28)29/h2-4,14,17-18H,5-13,15-16H2,1H3. The topological polar surface area (TPSA) is 60.2 Å². The highest BCUT2D eigenvalue weighted by molar-refractivity contribution is 7.13. The first-order chi connectivity index (χ1) is 17.2. The molecule has 1 aliphatic heterocycles. The second kappa shape index (κ2) is 10.5. The molecule has 0 bridgehead atoms. The van der Waals surface area contributed by atoms with Crippen LogP contribution in [0.2, 0.25) is 0 Å². The molecule has 0 unspecified atom stereocenters. The summed E-state index contributed by atoms with van der Waals surface area (Å²) in [5.41, 5.74) is 2.50. The monoisotopic (exact) mass is 520 g/mol. The second-order valence-corrected chi connectivity index (χ2v) is 11.2. The Morgan fingerprint density at radius 1 is 1.19 bits per heavy atom. The number of nitrogens with zero attached hydrogens (tertiary/aromatic N) is 4. The van der Waals surface area contributed by atoms with Gasteiger partial charge in [0.2, 0.25) is 0 Å². The van der Waals surface area contributed by atoms with Crippen LogP contribution in [0.15, 0.2) is 24.4 Å². The Hall–Kier alpha value is -2.46. The highest BCUT2D eigenvalue weighted by Gasteiger charge is 2.30. The molecule has 5 rings (SSSR count). The number of aromatic nitrogens is 3. The number of fused-ring (bicyclic) bond motifs is 2. The second-order valence-electron chi connectivity index (χ2n) is 10.1. The maximum atomic E-state index is 13.0. The molecule has 3 heterocycles. The predicted octanol–water partition coefficient (Wildman–Crippen LogP) is 5.80. The zero-order valence-corrected chi connectivity index (χ0v) is 21.2. The number of ketones is 1. The van der Waals surface area contributed by atoms with E-state index in [-0.39, 0.29) is 11.0 Å². The summed E-state index contributed by atoms with van der Waals surface area (Å²) in [4.78, 5) is 20.7. The van der Waals surface area contributed by atoms with Crippen molar-refractivity contribution < 1.29 is 22.7 Å². The van der Waals surface area contributed by atoms with Gasteiger partial charge in [0, 0.05) is 48.6 Å². The van der Waals surface area contributed by atoms with Gasteiger partial charge in [-0.15, -0.1) is 0 Å². The van der Waals surface area contributed by atoms with Gasteiger partial charge in [-0.2, -0.15) is 18.3 Å². The van der Waals surface area contributed by atoms with Gasteiger partial charge in [0.1, 0.15) is 0 Å². The smallest absolute Gasteiger partial charge is 0.422 e. The lowest BCUT2D eigenvalue weighted by Gasteiger charge is -2.31. The third-order valence-electron chi connectivity index (χ3n) is 7.41. The van der Waals surface area contributed by atoms with Crippen molar-refractivity contribution in [3.8, 4) is 5.19 Å². The number of thiazole rings is 1. The van der Waals surface area contributed by atoms with Gasteiger partial charge in [-0.1, -0.05) is 36.3 Å². The average Bonchev–Trinajstić information content (AvgIpc) is 3.43.